The number of aryl methyl sites for hydroxylation is 1. The van der Waals surface area contributed by atoms with Crippen molar-refractivity contribution < 1.29 is 22.0 Å². The molecule has 182 valence electrons. The summed E-state index contributed by atoms with van der Waals surface area (Å²) in [6, 6.07) is 2.51. The minimum atomic E-state index is -4.45. The predicted molar refractivity (Wildman–Crippen MR) is 116 cm³/mol. The molecule has 0 atom stereocenters. The number of pyridine rings is 1. The number of rotatable bonds is 4. The molecular weight excluding hydrogens is 457 g/mol. The molecule has 7 nitrogen and oxygen atoms in total. The van der Waals surface area contributed by atoms with E-state index in [1.54, 1.807) is 13.1 Å². The van der Waals surface area contributed by atoms with Crippen LogP contribution < -0.4 is 9.80 Å². The Morgan fingerprint density at radius 1 is 1.00 bits per heavy atom. The number of aromatic nitrogens is 5. The molecule has 5 heterocycles. The van der Waals surface area contributed by atoms with Crippen molar-refractivity contribution in [2.75, 3.05) is 36.0 Å². The summed E-state index contributed by atoms with van der Waals surface area (Å²) in [4.78, 5) is 16.8. The molecule has 0 unspecified atom stereocenters. The second-order valence-electron chi connectivity index (χ2n) is 9.12. The maximum absolute atomic E-state index is 12.9. The number of alkyl halides is 5. The van der Waals surface area contributed by atoms with Gasteiger partial charge in [-0.05, 0) is 43.7 Å². The summed E-state index contributed by atoms with van der Waals surface area (Å²) < 4.78 is 65.5. The first kappa shape index (κ1) is 22.7. The van der Waals surface area contributed by atoms with Crippen LogP contribution in [0.15, 0.2) is 24.5 Å². The van der Waals surface area contributed by atoms with Gasteiger partial charge >= 0.3 is 6.18 Å². The van der Waals surface area contributed by atoms with Crippen LogP contribution in [0, 0.1) is 12.3 Å². The molecule has 2 aliphatic rings. The minimum Gasteiger partial charge on any atom is -0.370 e. The van der Waals surface area contributed by atoms with Gasteiger partial charge in [0.05, 0.1) is 23.8 Å². The fraction of sp³-hybridized carbons (Fsp3) is 0.545. The Kier molecular flexibility index (Phi) is 5.56. The Hall–Kier alpha value is -3.05. The largest absolute Gasteiger partial charge is 0.433 e. The first-order chi connectivity index (χ1) is 16.1. The van der Waals surface area contributed by atoms with Crippen LogP contribution in [-0.4, -0.2) is 57.3 Å². The van der Waals surface area contributed by atoms with Gasteiger partial charge in [-0.15, -0.1) is 0 Å². The summed E-state index contributed by atoms with van der Waals surface area (Å²) in [5.74, 6) is 0.638. The van der Waals surface area contributed by atoms with Gasteiger partial charge in [0.25, 0.3) is 6.43 Å². The van der Waals surface area contributed by atoms with Crippen LogP contribution in [0.4, 0.5) is 33.5 Å². The van der Waals surface area contributed by atoms with Crippen LogP contribution in [0.25, 0.3) is 11.2 Å². The fourth-order valence-corrected chi connectivity index (χ4v) is 5.01. The molecule has 0 bridgehead atoms. The highest BCUT2D eigenvalue weighted by Gasteiger charge is 2.41. The lowest BCUT2D eigenvalue weighted by Gasteiger charge is -2.39. The van der Waals surface area contributed by atoms with Crippen molar-refractivity contribution >= 4 is 22.7 Å². The van der Waals surface area contributed by atoms with Crippen LogP contribution in [0.1, 0.15) is 30.7 Å². The maximum Gasteiger partial charge on any atom is 0.433 e. The Morgan fingerprint density at radius 3 is 2.32 bits per heavy atom. The first-order valence-electron chi connectivity index (χ1n) is 11.2. The lowest BCUT2D eigenvalue weighted by molar-refractivity contribution is -0.141. The molecule has 0 N–H and O–H groups in total. The van der Waals surface area contributed by atoms with Gasteiger partial charge in [-0.3, -0.25) is 0 Å². The van der Waals surface area contributed by atoms with E-state index in [4.69, 9.17) is 0 Å². The van der Waals surface area contributed by atoms with E-state index in [1.807, 2.05) is 0 Å². The third kappa shape index (κ3) is 4.25. The molecule has 2 fully saturated rings. The SMILES string of the molecule is Cc1nn(CC(F)F)c2nc(N3CCC4(CCN(c5ccc(C(F)(F)F)nc5)C4)CC3)cnc12. The van der Waals surface area contributed by atoms with Gasteiger partial charge in [0.15, 0.2) is 5.65 Å². The average molecular weight is 481 g/mol. The summed E-state index contributed by atoms with van der Waals surface area (Å²) in [5.41, 5.74) is 1.33. The first-order valence-corrected chi connectivity index (χ1v) is 11.2. The smallest absolute Gasteiger partial charge is 0.370 e. The zero-order chi connectivity index (χ0) is 24.1. The lowest BCUT2D eigenvalue weighted by atomic mass is 9.78. The second kappa shape index (κ2) is 8.31. The molecule has 34 heavy (non-hydrogen) atoms. The van der Waals surface area contributed by atoms with E-state index in [0.29, 0.717) is 28.4 Å². The minimum absolute atomic E-state index is 0.0742. The molecular formula is C22H24F5N7. The number of hydrogen-bond acceptors (Lipinski definition) is 6. The van der Waals surface area contributed by atoms with Crippen molar-refractivity contribution in [2.24, 2.45) is 5.41 Å². The molecule has 2 saturated heterocycles. The highest BCUT2D eigenvalue weighted by molar-refractivity contribution is 5.74. The summed E-state index contributed by atoms with van der Waals surface area (Å²) in [6.07, 6.45) is -1.28. The number of nitrogens with zero attached hydrogens (tertiary/aromatic N) is 7. The van der Waals surface area contributed by atoms with Gasteiger partial charge in [-0.25, -0.2) is 28.4 Å². The molecule has 12 heteroatoms. The van der Waals surface area contributed by atoms with Crippen molar-refractivity contribution in [1.29, 1.82) is 0 Å². The summed E-state index contributed by atoms with van der Waals surface area (Å²) in [6.45, 7) is 4.20. The van der Waals surface area contributed by atoms with E-state index < -0.39 is 24.8 Å². The average Bonchev–Trinajstić information content (AvgIpc) is 3.34. The molecule has 0 aliphatic carbocycles. The highest BCUT2D eigenvalue weighted by atomic mass is 19.4. The summed E-state index contributed by atoms with van der Waals surface area (Å²) in [7, 11) is 0. The molecule has 0 amide bonds. The van der Waals surface area contributed by atoms with E-state index in [9.17, 15) is 22.0 Å². The van der Waals surface area contributed by atoms with Gasteiger partial charge in [-0.2, -0.15) is 18.3 Å². The summed E-state index contributed by atoms with van der Waals surface area (Å²) >= 11 is 0. The van der Waals surface area contributed by atoms with Gasteiger partial charge in [-0.1, -0.05) is 0 Å². The Morgan fingerprint density at radius 2 is 1.71 bits per heavy atom. The van der Waals surface area contributed by atoms with E-state index in [-0.39, 0.29) is 5.41 Å². The number of hydrogen-bond donors (Lipinski definition) is 0. The van der Waals surface area contributed by atoms with E-state index >= 15 is 0 Å². The molecule has 0 radical (unpaired) electrons. The lowest BCUT2D eigenvalue weighted by Crippen LogP contribution is -2.42. The van der Waals surface area contributed by atoms with Gasteiger partial charge < -0.3 is 9.80 Å². The zero-order valence-corrected chi connectivity index (χ0v) is 18.6. The number of anilines is 2. The normalized spacial score (nSPS) is 18.6. The number of halogens is 5. The third-order valence-corrected chi connectivity index (χ3v) is 6.90. The number of piperidine rings is 1. The van der Waals surface area contributed by atoms with Gasteiger partial charge in [0.2, 0.25) is 0 Å². The van der Waals surface area contributed by atoms with Crippen molar-refractivity contribution in [1.82, 2.24) is 24.7 Å². The fourth-order valence-electron chi connectivity index (χ4n) is 5.01. The molecule has 5 rings (SSSR count). The second-order valence-corrected chi connectivity index (χ2v) is 9.12. The molecule has 0 aromatic carbocycles. The van der Waals surface area contributed by atoms with Crippen LogP contribution in [-0.2, 0) is 12.7 Å². The van der Waals surface area contributed by atoms with Crippen LogP contribution >= 0.6 is 0 Å². The highest BCUT2D eigenvalue weighted by Crippen LogP contribution is 2.42. The topological polar surface area (TPSA) is 63.0 Å². The van der Waals surface area contributed by atoms with Crippen molar-refractivity contribution in [3.05, 3.63) is 35.9 Å². The zero-order valence-electron chi connectivity index (χ0n) is 18.6. The molecule has 2 aliphatic heterocycles. The van der Waals surface area contributed by atoms with Gasteiger partial charge in [0.1, 0.15) is 23.6 Å². The van der Waals surface area contributed by atoms with E-state index in [2.05, 4.69) is 29.9 Å². The van der Waals surface area contributed by atoms with Crippen molar-refractivity contribution in [3.8, 4) is 0 Å². The Labute approximate surface area is 192 Å². The Balaban J connectivity index is 1.26. The number of fused-ring (bicyclic) bond motifs is 1. The third-order valence-electron chi connectivity index (χ3n) is 6.90. The van der Waals surface area contributed by atoms with Crippen LogP contribution in [0.5, 0.6) is 0 Å². The van der Waals surface area contributed by atoms with E-state index in [1.165, 1.54) is 16.9 Å². The molecule has 3 aromatic heterocycles. The maximum atomic E-state index is 12.9. The van der Waals surface area contributed by atoms with Crippen LogP contribution in [0.3, 0.4) is 0 Å². The van der Waals surface area contributed by atoms with Crippen molar-refractivity contribution in [2.45, 2.75) is 45.3 Å². The molecule has 3 aromatic rings. The van der Waals surface area contributed by atoms with E-state index in [0.717, 1.165) is 51.5 Å². The van der Waals surface area contributed by atoms with Crippen LogP contribution in [0.2, 0.25) is 0 Å². The standard InChI is InChI=1S/C22H24F5N7/c1-14-19-20(34(31-14)12-17(23)24)30-18(11-29-19)32-7-4-21(5-8-32)6-9-33(13-21)15-2-3-16(28-10-15)22(25,26)27/h2-3,10-11,17H,4-9,12-13H2,1H3. The predicted octanol–water partition coefficient (Wildman–Crippen LogP) is 4.31. The Bertz CT molecular complexity index is 1170. The quantitative estimate of drug-likeness (QED) is 0.518. The monoisotopic (exact) mass is 481 g/mol. The molecule has 1 spiro atoms. The summed E-state index contributed by atoms with van der Waals surface area (Å²) in [5, 5.41) is 4.15. The molecule has 0 saturated carbocycles. The van der Waals surface area contributed by atoms with Crippen molar-refractivity contribution in [3.63, 3.8) is 0 Å². The van der Waals surface area contributed by atoms with Gasteiger partial charge in [0, 0.05) is 26.2 Å².